The molecule has 0 saturated heterocycles. The van der Waals surface area contributed by atoms with E-state index < -0.39 is 5.91 Å². The predicted octanol–water partition coefficient (Wildman–Crippen LogP) is 4.66. The van der Waals surface area contributed by atoms with Crippen LogP contribution in [0.25, 0.3) is 16.9 Å². The summed E-state index contributed by atoms with van der Waals surface area (Å²) in [7, 11) is 0. The lowest BCUT2D eigenvalue weighted by Crippen LogP contribution is -2.23. The van der Waals surface area contributed by atoms with E-state index in [4.69, 9.17) is 0 Å². The Labute approximate surface area is 193 Å². The predicted molar refractivity (Wildman–Crippen MR) is 130 cm³/mol. The molecule has 0 aliphatic heterocycles. The fourth-order valence-electron chi connectivity index (χ4n) is 3.53. The Morgan fingerprint density at radius 1 is 1.24 bits per heavy atom. The number of carbonyl (C=O) groups excluding carboxylic acids is 2. The Balaban J connectivity index is 1.67. The van der Waals surface area contributed by atoms with E-state index in [9.17, 15) is 14.5 Å². The van der Waals surface area contributed by atoms with Crippen LogP contribution in [0, 0.1) is 4.91 Å². The minimum Gasteiger partial charge on any atom is -0.384 e. The fourth-order valence-corrected chi connectivity index (χ4v) is 4.17. The molecule has 3 heterocycles. The lowest BCUT2D eigenvalue weighted by Gasteiger charge is -2.11. The van der Waals surface area contributed by atoms with E-state index in [1.165, 1.54) is 15.7 Å². The van der Waals surface area contributed by atoms with Crippen LogP contribution in [0.5, 0.6) is 0 Å². The molecule has 0 radical (unpaired) electrons. The molecule has 3 aromatic heterocycles. The number of nitrogens with one attached hydrogen (secondary N) is 2. The van der Waals surface area contributed by atoms with Crippen LogP contribution in [0.1, 0.15) is 33.3 Å². The molecule has 0 bridgehead atoms. The summed E-state index contributed by atoms with van der Waals surface area (Å²) in [6, 6.07) is 10.6. The first-order valence-electron chi connectivity index (χ1n) is 10.1. The normalized spacial score (nSPS) is 10.7. The number of nitroso groups, excluding NO2 is 1. The maximum Gasteiger partial charge on any atom is 0.335 e. The van der Waals surface area contributed by atoms with Gasteiger partial charge in [-0.3, -0.25) is 19.0 Å². The van der Waals surface area contributed by atoms with Crippen LogP contribution in [0.2, 0.25) is 0 Å². The zero-order valence-corrected chi connectivity index (χ0v) is 18.6. The van der Waals surface area contributed by atoms with Crippen LogP contribution in [0.4, 0.5) is 11.4 Å². The molecule has 2 N–H and O–H groups in total. The SMILES string of the molecule is C=Nc1ccc(CNC(=O)c2cccn3c(C(=O)N=O)c(-c4ccsc4)nc23)cc1NCC. The Bertz CT molecular complexity index is 1360. The van der Waals surface area contributed by atoms with Gasteiger partial charge in [-0.15, -0.1) is 4.91 Å². The molecular weight excluding hydrogens is 440 g/mol. The number of rotatable bonds is 8. The number of pyridine rings is 1. The molecule has 4 rings (SSSR count). The second-order valence-corrected chi connectivity index (χ2v) is 7.84. The van der Waals surface area contributed by atoms with Gasteiger partial charge in [-0.1, -0.05) is 6.07 Å². The van der Waals surface area contributed by atoms with Crippen molar-refractivity contribution >= 4 is 46.9 Å². The summed E-state index contributed by atoms with van der Waals surface area (Å²) in [6.07, 6.45) is 1.58. The quantitative estimate of drug-likeness (QED) is 0.293. The first-order valence-corrected chi connectivity index (χ1v) is 11.0. The Morgan fingerprint density at radius 2 is 2.09 bits per heavy atom. The van der Waals surface area contributed by atoms with Crippen LogP contribution in [-0.4, -0.2) is 34.5 Å². The van der Waals surface area contributed by atoms with E-state index in [0.29, 0.717) is 11.3 Å². The molecule has 0 unspecified atom stereocenters. The van der Waals surface area contributed by atoms with Gasteiger partial charge < -0.3 is 10.6 Å². The van der Waals surface area contributed by atoms with Crippen LogP contribution in [0.15, 0.2) is 63.5 Å². The molecule has 0 saturated carbocycles. The fraction of sp³-hybridized carbons (Fsp3) is 0.130. The second-order valence-electron chi connectivity index (χ2n) is 7.06. The van der Waals surface area contributed by atoms with E-state index in [0.717, 1.165) is 23.5 Å². The summed E-state index contributed by atoms with van der Waals surface area (Å²) in [6.45, 7) is 6.55. The number of imidazole rings is 1. The van der Waals surface area contributed by atoms with Crippen molar-refractivity contribution in [3.8, 4) is 11.3 Å². The van der Waals surface area contributed by atoms with Gasteiger partial charge >= 0.3 is 5.91 Å². The average Bonchev–Trinajstić information content (AvgIpc) is 3.50. The Hall–Kier alpha value is -4.18. The highest BCUT2D eigenvalue weighted by atomic mass is 32.1. The number of benzene rings is 1. The number of thiophene rings is 1. The molecule has 0 aliphatic rings. The van der Waals surface area contributed by atoms with Crippen molar-refractivity contribution in [2.45, 2.75) is 13.5 Å². The number of fused-ring (bicyclic) bond motifs is 1. The maximum absolute atomic E-state index is 13.0. The number of carbonyl (C=O) groups is 2. The number of aliphatic imine (C=N–C) groups is 1. The lowest BCUT2D eigenvalue weighted by molar-refractivity contribution is 0.0949. The van der Waals surface area contributed by atoms with E-state index in [1.54, 1.807) is 24.4 Å². The molecule has 9 nitrogen and oxygen atoms in total. The molecule has 4 aromatic rings. The standard InChI is InChI=1S/C23H20N6O3S/c1-3-25-18-11-14(6-7-17(18)24-2)12-26-22(30)16-5-4-9-29-20(23(31)28-32)19(27-21(16)29)15-8-10-33-13-15/h4-11,13,25H,2-3,12H2,1H3,(H,26,30). The minimum atomic E-state index is -0.951. The highest BCUT2D eigenvalue weighted by Crippen LogP contribution is 2.29. The van der Waals surface area contributed by atoms with Gasteiger partial charge in [-0.05, 0) is 54.9 Å². The Kier molecular flexibility index (Phi) is 6.36. The summed E-state index contributed by atoms with van der Waals surface area (Å²) >= 11 is 1.43. The van der Waals surface area contributed by atoms with Gasteiger partial charge in [0.05, 0.1) is 16.9 Å². The number of hydrogen-bond donors (Lipinski definition) is 2. The number of amides is 2. The van der Waals surface area contributed by atoms with Crippen molar-refractivity contribution in [2.24, 2.45) is 10.2 Å². The van der Waals surface area contributed by atoms with Gasteiger partial charge in [-0.2, -0.15) is 11.3 Å². The van der Waals surface area contributed by atoms with E-state index in [2.05, 4.69) is 32.5 Å². The topological polar surface area (TPSA) is 117 Å². The highest BCUT2D eigenvalue weighted by molar-refractivity contribution is 7.08. The van der Waals surface area contributed by atoms with Crippen molar-refractivity contribution in [1.29, 1.82) is 0 Å². The van der Waals surface area contributed by atoms with Gasteiger partial charge in [0.2, 0.25) is 0 Å². The minimum absolute atomic E-state index is 0.0239. The smallest absolute Gasteiger partial charge is 0.335 e. The van der Waals surface area contributed by atoms with E-state index in [-0.39, 0.29) is 29.4 Å². The van der Waals surface area contributed by atoms with Crippen molar-refractivity contribution < 1.29 is 9.59 Å². The third kappa shape index (κ3) is 4.28. The zero-order valence-electron chi connectivity index (χ0n) is 17.7. The monoisotopic (exact) mass is 460 g/mol. The molecule has 33 heavy (non-hydrogen) atoms. The van der Waals surface area contributed by atoms with Gasteiger partial charge in [-0.25, -0.2) is 4.98 Å². The largest absolute Gasteiger partial charge is 0.384 e. The van der Waals surface area contributed by atoms with Gasteiger partial charge in [0, 0.05) is 35.4 Å². The van der Waals surface area contributed by atoms with Gasteiger partial charge in [0.25, 0.3) is 5.91 Å². The zero-order chi connectivity index (χ0) is 23.4. The number of anilines is 1. The molecule has 0 spiro atoms. The van der Waals surface area contributed by atoms with Crippen molar-refractivity contribution in [3.63, 3.8) is 0 Å². The molecule has 10 heteroatoms. The summed E-state index contributed by atoms with van der Waals surface area (Å²) in [5.74, 6) is -1.32. The van der Waals surface area contributed by atoms with Crippen LogP contribution in [-0.2, 0) is 6.54 Å². The molecule has 0 aliphatic carbocycles. The molecule has 1 aromatic carbocycles. The van der Waals surface area contributed by atoms with Gasteiger partial charge in [0.15, 0.2) is 5.65 Å². The van der Waals surface area contributed by atoms with Crippen molar-refractivity contribution in [2.75, 3.05) is 11.9 Å². The third-order valence-electron chi connectivity index (χ3n) is 5.03. The first kappa shape index (κ1) is 22.0. The lowest BCUT2D eigenvalue weighted by atomic mass is 10.1. The maximum atomic E-state index is 13.0. The average molecular weight is 461 g/mol. The second kappa shape index (κ2) is 9.53. The summed E-state index contributed by atoms with van der Waals surface area (Å²) in [5, 5.41) is 12.3. The van der Waals surface area contributed by atoms with Crippen molar-refractivity contribution in [1.82, 2.24) is 14.7 Å². The molecule has 0 fully saturated rings. The summed E-state index contributed by atoms with van der Waals surface area (Å²) in [5.41, 5.74) is 3.99. The Morgan fingerprint density at radius 3 is 2.79 bits per heavy atom. The molecule has 166 valence electrons. The number of aromatic nitrogens is 2. The van der Waals surface area contributed by atoms with Crippen molar-refractivity contribution in [3.05, 3.63) is 75.1 Å². The van der Waals surface area contributed by atoms with E-state index >= 15 is 0 Å². The molecule has 0 atom stereocenters. The van der Waals surface area contributed by atoms with Crippen LogP contribution < -0.4 is 10.6 Å². The summed E-state index contributed by atoms with van der Waals surface area (Å²) in [4.78, 5) is 44.9. The van der Waals surface area contributed by atoms with Crippen LogP contribution in [0.3, 0.4) is 0 Å². The number of nitrogens with zero attached hydrogens (tertiary/aromatic N) is 4. The third-order valence-corrected chi connectivity index (χ3v) is 5.71. The first-order chi connectivity index (χ1) is 16.1. The number of hydrogen-bond acceptors (Lipinski definition) is 7. The highest BCUT2D eigenvalue weighted by Gasteiger charge is 2.24. The molecular formula is C23H20N6O3S. The van der Waals surface area contributed by atoms with Crippen LogP contribution >= 0.6 is 11.3 Å². The van der Waals surface area contributed by atoms with Gasteiger partial charge in [0.1, 0.15) is 11.4 Å². The van der Waals surface area contributed by atoms with E-state index in [1.807, 2.05) is 35.9 Å². The summed E-state index contributed by atoms with van der Waals surface area (Å²) < 4.78 is 1.43. The molecule has 2 amide bonds.